The zero-order valence-electron chi connectivity index (χ0n) is 14.7. The SMILES string of the molecule is O=C(O)CCS(=O)(=O)C(c1ccccc1)(c1ccccc1)c1ccccc1. The van der Waals surface area contributed by atoms with Gasteiger partial charge in [0.15, 0.2) is 9.84 Å². The van der Waals surface area contributed by atoms with Crippen LogP contribution < -0.4 is 0 Å². The van der Waals surface area contributed by atoms with Gasteiger partial charge in [-0.05, 0) is 16.7 Å². The third-order valence-corrected chi connectivity index (χ3v) is 6.97. The second-order valence-corrected chi connectivity index (χ2v) is 8.49. The second-order valence-electron chi connectivity index (χ2n) is 6.24. The van der Waals surface area contributed by atoms with Gasteiger partial charge in [-0.25, -0.2) is 8.42 Å². The molecule has 4 nitrogen and oxygen atoms in total. The fourth-order valence-electron chi connectivity index (χ4n) is 3.43. The summed E-state index contributed by atoms with van der Waals surface area (Å²) in [6.45, 7) is 0. The average Bonchev–Trinajstić information content (AvgIpc) is 2.69. The molecule has 0 amide bonds. The van der Waals surface area contributed by atoms with E-state index in [4.69, 9.17) is 5.11 Å². The number of carbonyl (C=O) groups is 1. The first-order valence-corrected chi connectivity index (χ1v) is 10.2. The lowest BCUT2D eigenvalue weighted by Gasteiger charge is -2.35. The van der Waals surface area contributed by atoms with Crippen molar-refractivity contribution in [2.75, 3.05) is 5.75 Å². The van der Waals surface area contributed by atoms with E-state index in [1.54, 1.807) is 72.8 Å². The Bertz CT molecular complexity index is 901. The van der Waals surface area contributed by atoms with Crippen LogP contribution in [0.3, 0.4) is 0 Å². The van der Waals surface area contributed by atoms with Gasteiger partial charge in [-0.3, -0.25) is 4.79 Å². The normalized spacial score (nSPS) is 11.9. The Morgan fingerprint density at radius 3 is 1.33 bits per heavy atom. The van der Waals surface area contributed by atoms with Crippen LogP contribution in [0.4, 0.5) is 0 Å². The molecule has 0 radical (unpaired) electrons. The maximum absolute atomic E-state index is 13.7. The van der Waals surface area contributed by atoms with Gasteiger partial charge in [0, 0.05) is 0 Å². The van der Waals surface area contributed by atoms with Crippen molar-refractivity contribution >= 4 is 15.8 Å². The van der Waals surface area contributed by atoms with E-state index in [1.165, 1.54) is 0 Å². The van der Waals surface area contributed by atoms with Crippen molar-refractivity contribution in [1.29, 1.82) is 0 Å². The van der Waals surface area contributed by atoms with E-state index in [0.717, 1.165) is 0 Å². The highest BCUT2D eigenvalue weighted by molar-refractivity contribution is 7.92. The van der Waals surface area contributed by atoms with Crippen LogP contribution >= 0.6 is 0 Å². The molecule has 3 aromatic rings. The van der Waals surface area contributed by atoms with Crippen molar-refractivity contribution in [1.82, 2.24) is 0 Å². The predicted molar refractivity (Wildman–Crippen MR) is 105 cm³/mol. The van der Waals surface area contributed by atoms with Gasteiger partial charge in [-0.1, -0.05) is 91.0 Å². The van der Waals surface area contributed by atoms with Crippen LogP contribution in [0, 0.1) is 0 Å². The van der Waals surface area contributed by atoms with E-state index in [-0.39, 0.29) is 0 Å². The number of rotatable bonds is 7. The molecule has 1 N–H and O–H groups in total. The van der Waals surface area contributed by atoms with E-state index in [0.29, 0.717) is 16.7 Å². The molecule has 0 aliphatic rings. The maximum Gasteiger partial charge on any atom is 0.304 e. The molecule has 0 aliphatic heterocycles. The molecule has 0 aromatic heterocycles. The molecule has 3 aromatic carbocycles. The molecule has 0 bridgehead atoms. The summed E-state index contributed by atoms with van der Waals surface area (Å²) in [7, 11) is -3.92. The number of carboxylic acids is 1. The minimum absolute atomic E-state index is 0.448. The first-order valence-electron chi connectivity index (χ1n) is 8.59. The lowest BCUT2D eigenvalue weighted by molar-refractivity contribution is -0.136. The molecule has 0 unspecified atom stereocenters. The van der Waals surface area contributed by atoms with E-state index in [1.807, 2.05) is 18.2 Å². The van der Waals surface area contributed by atoms with Gasteiger partial charge >= 0.3 is 5.97 Å². The molecule has 0 saturated heterocycles. The summed E-state index contributed by atoms with van der Waals surface area (Å²) < 4.78 is 25.9. The van der Waals surface area contributed by atoms with Gasteiger partial charge in [-0.15, -0.1) is 0 Å². The van der Waals surface area contributed by atoms with Gasteiger partial charge in [0.25, 0.3) is 0 Å². The Hall–Kier alpha value is -2.92. The molecule has 0 spiro atoms. The zero-order chi connectivity index (χ0) is 19.3. The summed E-state index contributed by atoms with van der Waals surface area (Å²) in [6.07, 6.45) is -0.448. The Morgan fingerprint density at radius 1 is 0.704 bits per heavy atom. The molecular formula is C22H20O4S. The van der Waals surface area contributed by atoms with Crippen LogP contribution in [0.25, 0.3) is 0 Å². The molecule has 5 heteroatoms. The summed E-state index contributed by atoms with van der Waals surface area (Å²) >= 11 is 0. The van der Waals surface area contributed by atoms with E-state index < -0.39 is 32.7 Å². The predicted octanol–water partition coefficient (Wildman–Crippen LogP) is 3.87. The van der Waals surface area contributed by atoms with Crippen LogP contribution in [0.2, 0.25) is 0 Å². The van der Waals surface area contributed by atoms with Crippen molar-refractivity contribution in [2.24, 2.45) is 0 Å². The van der Waals surface area contributed by atoms with E-state index >= 15 is 0 Å². The average molecular weight is 380 g/mol. The molecule has 138 valence electrons. The third-order valence-electron chi connectivity index (χ3n) is 4.59. The first kappa shape index (κ1) is 18.9. The fraction of sp³-hybridized carbons (Fsp3) is 0.136. The summed E-state index contributed by atoms with van der Waals surface area (Å²) in [5.74, 6) is -1.59. The number of hydrogen-bond acceptors (Lipinski definition) is 3. The van der Waals surface area contributed by atoms with Gasteiger partial charge in [0.1, 0.15) is 4.75 Å². The molecule has 0 atom stereocenters. The van der Waals surface area contributed by atoms with Crippen molar-refractivity contribution in [3.05, 3.63) is 108 Å². The highest BCUT2D eigenvalue weighted by Gasteiger charge is 2.48. The Morgan fingerprint density at radius 2 is 1.04 bits per heavy atom. The smallest absolute Gasteiger partial charge is 0.304 e. The second kappa shape index (κ2) is 7.76. The lowest BCUT2D eigenvalue weighted by Crippen LogP contribution is -2.40. The Kier molecular flexibility index (Phi) is 5.42. The van der Waals surface area contributed by atoms with Gasteiger partial charge in [0.2, 0.25) is 0 Å². The van der Waals surface area contributed by atoms with E-state index in [2.05, 4.69) is 0 Å². The van der Waals surface area contributed by atoms with Gasteiger partial charge < -0.3 is 5.11 Å². The molecular weight excluding hydrogens is 360 g/mol. The lowest BCUT2D eigenvalue weighted by atomic mass is 9.84. The molecule has 0 fully saturated rings. The summed E-state index contributed by atoms with van der Waals surface area (Å²) in [4.78, 5) is 11.1. The Labute approximate surface area is 159 Å². The molecule has 0 saturated carbocycles. The summed E-state index contributed by atoms with van der Waals surface area (Å²) in [5.41, 5.74) is 1.77. The highest BCUT2D eigenvalue weighted by atomic mass is 32.2. The maximum atomic E-state index is 13.7. The van der Waals surface area contributed by atoms with Crippen LogP contribution in [0.5, 0.6) is 0 Å². The number of sulfone groups is 1. The van der Waals surface area contributed by atoms with Crippen LogP contribution in [-0.2, 0) is 19.4 Å². The van der Waals surface area contributed by atoms with E-state index in [9.17, 15) is 13.2 Å². The summed E-state index contributed by atoms with van der Waals surface area (Å²) in [5, 5.41) is 9.09. The number of aliphatic carboxylic acids is 1. The minimum Gasteiger partial charge on any atom is -0.481 e. The van der Waals surface area contributed by atoms with Crippen molar-refractivity contribution in [3.63, 3.8) is 0 Å². The Balaban J connectivity index is 2.38. The van der Waals surface area contributed by atoms with Gasteiger partial charge in [-0.2, -0.15) is 0 Å². The number of hydrogen-bond donors (Lipinski definition) is 1. The summed E-state index contributed by atoms with van der Waals surface area (Å²) in [6, 6.07) is 26.9. The largest absolute Gasteiger partial charge is 0.481 e. The first-order chi connectivity index (χ1) is 13.0. The molecule has 3 rings (SSSR count). The molecule has 27 heavy (non-hydrogen) atoms. The number of carboxylic acid groups (broad SMARTS) is 1. The van der Waals surface area contributed by atoms with Crippen molar-refractivity contribution < 1.29 is 18.3 Å². The molecule has 0 heterocycles. The topological polar surface area (TPSA) is 71.4 Å². The fourth-order valence-corrected chi connectivity index (χ4v) is 5.67. The standard InChI is InChI=1S/C22H20O4S/c23-21(24)16-17-27(25,26)22(18-10-4-1-5-11-18,19-12-6-2-7-13-19)20-14-8-3-9-15-20/h1-15H,16-17H2,(H,23,24). The van der Waals surface area contributed by atoms with Crippen LogP contribution in [0.15, 0.2) is 91.0 Å². The number of benzene rings is 3. The quantitative estimate of drug-likeness (QED) is 0.632. The molecule has 0 aliphatic carbocycles. The van der Waals surface area contributed by atoms with Crippen molar-refractivity contribution in [3.8, 4) is 0 Å². The zero-order valence-corrected chi connectivity index (χ0v) is 15.5. The minimum atomic E-state index is -3.92. The van der Waals surface area contributed by atoms with Gasteiger partial charge in [0.05, 0.1) is 12.2 Å². The third kappa shape index (κ3) is 3.51. The monoisotopic (exact) mass is 380 g/mol. The highest BCUT2D eigenvalue weighted by Crippen LogP contribution is 2.44. The van der Waals surface area contributed by atoms with Crippen LogP contribution in [-0.4, -0.2) is 25.2 Å². The van der Waals surface area contributed by atoms with Crippen LogP contribution in [0.1, 0.15) is 23.1 Å². The van der Waals surface area contributed by atoms with Crippen molar-refractivity contribution in [2.45, 2.75) is 11.2 Å².